The van der Waals surface area contributed by atoms with Gasteiger partial charge in [-0.25, -0.2) is 5.43 Å². The van der Waals surface area contributed by atoms with Gasteiger partial charge in [0.1, 0.15) is 0 Å². The van der Waals surface area contributed by atoms with Gasteiger partial charge in [0.15, 0.2) is 11.5 Å². The second kappa shape index (κ2) is 7.82. The number of nitrogens with zero attached hydrogens (tertiary/aromatic N) is 1. The molecule has 2 aromatic carbocycles. The van der Waals surface area contributed by atoms with E-state index in [1.54, 1.807) is 18.2 Å². The van der Waals surface area contributed by atoms with E-state index >= 15 is 0 Å². The second-order valence-corrected chi connectivity index (χ2v) is 6.10. The van der Waals surface area contributed by atoms with E-state index in [2.05, 4.69) is 10.5 Å². The third-order valence-electron chi connectivity index (χ3n) is 4.18. The van der Waals surface area contributed by atoms with Crippen LogP contribution < -0.4 is 14.9 Å². The molecule has 0 radical (unpaired) electrons. The third kappa shape index (κ3) is 4.27. The van der Waals surface area contributed by atoms with Gasteiger partial charge >= 0.3 is 5.97 Å². The Morgan fingerprint density at radius 3 is 2.62 bits per heavy atom. The van der Waals surface area contributed by atoms with Gasteiger partial charge in [0, 0.05) is 12.8 Å². The molecule has 6 nitrogen and oxygen atoms in total. The van der Waals surface area contributed by atoms with Crippen molar-refractivity contribution in [2.75, 3.05) is 7.11 Å². The number of carbonyl (C=O) groups is 2. The molecule has 134 valence electrons. The Balaban J connectivity index is 1.57. The summed E-state index contributed by atoms with van der Waals surface area (Å²) in [6.45, 7) is 1.32. The third-order valence-corrected chi connectivity index (χ3v) is 4.18. The predicted molar refractivity (Wildman–Crippen MR) is 97.3 cm³/mol. The van der Waals surface area contributed by atoms with Crippen LogP contribution in [-0.4, -0.2) is 25.2 Å². The molecule has 0 heterocycles. The highest BCUT2D eigenvalue weighted by molar-refractivity contribution is 5.86. The number of esters is 1. The average molecular weight is 352 g/mol. The zero-order valence-corrected chi connectivity index (χ0v) is 14.6. The van der Waals surface area contributed by atoms with Gasteiger partial charge in [0.05, 0.1) is 13.3 Å². The van der Waals surface area contributed by atoms with Gasteiger partial charge in [-0.1, -0.05) is 30.3 Å². The lowest BCUT2D eigenvalue weighted by Gasteiger charge is -2.08. The summed E-state index contributed by atoms with van der Waals surface area (Å²) in [6.07, 6.45) is 2.37. The van der Waals surface area contributed by atoms with Crippen LogP contribution in [0.25, 0.3) is 0 Å². The van der Waals surface area contributed by atoms with Crippen LogP contribution >= 0.6 is 0 Å². The van der Waals surface area contributed by atoms with Crippen LogP contribution in [-0.2, 0) is 9.59 Å². The zero-order valence-electron chi connectivity index (χ0n) is 14.6. The summed E-state index contributed by atoms with van der Waals surface area (Å²) in [5.74, 6) is 0.490. The molecule has 0 aliphatic heterocycles. The number of carbonyl (C=O) groups excluding carboxylic acids is 2. The van der Waals surface area contributed by atoms with Crippen LogP contribution in [0.5, 0.6) is 11.5 Å². The summed E-state index contributed by atoms with van der Waals surface area (Å²) in [5.41, 5.74) is 4.48. The molecule has 1 N–H and O–H groups in total. The van der Waals surface area contributed by atoms with E-state index < -0.39 is 5.97 Å². The van der Waals surface area contributed by atoms with E-state index in [4.69, 9.17) is 9.47 Å². The van der Waals surface area contributed by atoms with Gasteiger partial charge in [-0.2, -0.15) is 5.10 Å². The number of amides is 1. The Hall–Kier alpha value is -3.15. The summed E-state index contributed by atoms with van der Waals surface area (Å²) in [6, 6.07) is 15.0. The first-order valence-electron chi connectivity index (χ1n) is 8.33. The number of hydrogen-bond donors (Lipinski definition) is 1. The van der Waals surface area contributed by atoms with Gasteiger partial charge in [-0.3, -0.25) is 9.59 Å². The Labute approximate surface area is 151 Å². The van der Waals surface area contributed by atoms with Crippen LogP contribution in [0.4, 0.5) is 0 Å². The number of benzene rings is 2. The lowest BCUT2D eigenvalue weighted by molar-refractivity contribution is -0.132. The molecule has 3 rings (SSSR count). The highest BCUT2D eigenvalue weighted by atomic mass is 16.6. The maximum absolute atomic E-state index is 12.2. The molecule has 1 amide bonds. The number of ether oxygens (including phenoxy) is 2. The van der Waals surface area contributed by atoms with E-state index in [0.717, 1.165) is 6.42 Å². The molecule has 0 aromatic heterocycles. The predicted octanol–water partition coefficient (Wildman–Crippen LogP) is 2.87. The second-order valence-electron chi connectivity index (χ2n) is 6.10. The van der Waals surface area contributed by atoms with Gasteiger partial charge in [-0.05, 0) is 41.7 Å². The molecule has 0 unspecified atom stereocenters. The monoisotopic (exact) mass is 352 g/mol. The molecule has 0 bridgehead atoms. The van der Waals surface area contributed by atoms with Crippen LogP contribution in [0.3, 0.4) is 0 Å². The summed E-state index contributed by atoms with van der Waals surface area (Å²) < 4.78 is 10.2. The van der Waals surface area contributed by atoms with Gasteiger partial charge in [-0.15, -0.1) is 0 Å². The maximum atomic E-state index is 12.2. The SMILES string of the molecule is COc1cc(/C=N\NC(=O)[C@@H]2C[C@@H]2c2ccccc2)ccc1OC(C)=O. The van der Waals surface area contributed by atoms with Crippen LogP contribution in [0.2, 0.25) is 0 Å². The van der Waals surface area contributed by atoms with Crippen molar-refractivity contribution < 1.29 is 19.1 Å². The molecule has 26 heavy (non-hydrogen) atoms. The smallest absolute Gasteiger partial charge is 0.308 e. The van der Waals surface area contributed by atoms with Crippen molar-refractivity contribution >= 4 is 18.1 Å². The first-order valence-corrected chi connectivity index (χ1v) is 8.33. The topological polar surface area (TPSA) is 77.0 Å². The lowest BCUT2D eigenvalue weighted by atomic mass is 10.1. The summed E-state index contributed by atoms with van der Waals surface area (Å²) in [7, 11) is 1.49. The largest absolute Gasteiger partial charge is 0.493 e. The normalized spacial score (nSPS) is 18.4. The summed E-state index contributed by atoms with van der Waals surface area (Å²) in [4.78, 5) is 23.2. The molecule has 1 saturated carbocycles. The van der Waals surface area contributed by atoms with Crippen molar-refractivity contribution in [3.8, 4) is 11.5 Å². The van der Waals surface area contributed by atoms with E-state index in [9.17, 15) is 9.59 Å². The van der Waals surface area contributed by atoms with Crippen LogP contribution in [0, 0.1) is 5.92 Å². The highest BCUT2D eigenvalue weighted by Gasteiger charge is 2.43. The van der Waals surface area contributed by atoms with Crippen LogP contribution in [0.15, 0.2) is 53.6 Å². The Kier molecular flexibility index (Phi) is 5.31. The van der Waals surface area contributed by atoms with E-state index in [0.29, 0.717) is 17.1 Å². The minimum absolute atomic E-state index is 0.0320. The number of rotatable bonds is 6. The fraction of sp³-hybridized carbons (Fsp3) is 0.250. The van der Waals surface area contributed by atoms with E-state index in [1.807, 2.05) is 30.3 Å². The summed E-state index contributed by atoms with van der Waals surface area (Å²) in [5, 5.41) is 4.01. The van der Waals surface area contributed by atoms with Gasteiger partial charge in [0.25, 0.3) is 0 Å². The van der Waals surface area contributed by atoms with Gasteiger partial charge < -0.3 is 9.47 Å². The Morgan fingerprint density at radius 2 is 1.92 bits per heavy atom. The fourth-order valence-corrected chi connectivity index (χ4v) is 2.81. The standard InChI is InChI=1S/C20H20N2O4/c1-13(23)26-18-9-8-14(10-19(18)25-2)12-21-22-20(24)17-11-16(17)15-6-4-3-5-7-15/h3-10,12,16-17H,11H2,1-2H3,(H,22,24)/b21-12-/t16-,17-/m1/s1. The molecule has 2 atom stereocenters. The molecule has 6 heteroatoms. The number of hydrazone groups is 1. The molecule has 2 aromatic rings. The van der Waals surface area contributed by atoms with Crippen molar-refractivity contribution in [2.24, 2.45) is 11.0 Å². The van der Waals surface area contributed by atoms with Crippen molar-refractivity contribution in [2.45, 2.75) is 19.3 Å². The Morgan fingerprint density at radius 1 is 1.15 bits per heavy atom. The first-order chi connectivity index (χ1) is 12.6. The van der Waals surface area contributed by atoms with Crippen LogP contribution in [0.1, 0.15) is 30.4 Å². The number of nitrogens with one attached hydrogen (secondary N) is 1. The number of methoxy groups -OCH3 is 1. The number of hydrogen-bond acceptors (Lipinski definition) is 5. The fourth-order valence-electron chi connectivity index (χ4n) is 2.81. The lowest BCUT2D eigenvalue weighted by Crippen LogP contribution is -2.20. The Bertz CT molecular complexity index is 833. The van der Waals surface area contributed by atoms with E-state index in [-0.39, 0.29) is 17.7 Å². The van der Waals surface area contributed by atoms with Crippen molar-refractivity contribution in [3.63, 3.8) is 0 Å². The molecular formula is C20H20N2O4. The average Bonchev–Trinajstić information content (AvgIpc) is 3.44. The molecule has 1 aliphatic rings. The molecular weight excluding hydrogens is 332 g/mol. The highest BCUT2D eigenvalue weighted by Crippen LogP contribution is 2.47. The molecule has 1 aliphatic carbocycles. The maximum Gasteiger partial charge on any atom is 0.308 e. The zero-order chi connectivity index (χ0) is 18.5. The van der Waals surface area contributed by atoms with Crippen molar-refractivity contribution in [1.82, 2.24) is 5.43 Å². The quantitative estimate of drug-likeness (QED) is 0.375. The molecule has 0 saturated heterocycles. The molecule has 0 spiro atoms. The molecule has 1 fully saturated rings. The van der Waals surface area contributed by atoms with Crippen molar-refractivity contribution in [3.05, 3.63) is 59.7 Å². The first kappa shape index (κ1) is 17.7. The minimum atomic E-state index is -0.422. The van der Waals surface area contributed by atoms with Crippen molar-refractivity contribution in [1.29, 1.82) is 0 Å². The summed E-state index contributed by atoms with van der Waals surface area (Å²) >= 11 is 0. The minimum Gasteiger partial charge on any atom is -0.493 e. The van der Waals surface area contributed by atoms with Gasteiger partial charge in [0.2, 0.25) is 5.91 Å². The van der Waals surface area contributed by atoms with E-state index in [1.165, 1.54) is 25.8 Å².